The molecule has 0 bridgehead atoms. The number of fused-ring (bicyclic) bond motifs is 1. The minimum absolute atomic E-state index is 0.210. The van der Waals surface area contributed by atoms with Gasteiger partial charge in [0.1, 0.15) is 11.3 Å². The van der Waals surface area contributed by atoms with Gasteiger partial charge < -0.3 is 14.8 Å². The van der Waals surface area contributed by atoms with Gasteiger partial charge in [0, 0.05) is 6.42 Å². The van der Waals surface area contributed by atoms with Crippen molar-refractivity contribution in [2.75, 3.05) is 18.5 Å². The second-order valence-electron chi connectivity index (χ2n) is 7.38. The number of aromatic nitrogens is 2. The predicted octanol–water partition coefficient (Wildman–Crippen LogP) is 5.00. The van der Waals surface area contributed by atoms with Crippen molar-refractivity contribution in [2.24, 2.45) is 0 Å². The molecule has 1 heterocycles. The Bertz CT molecular complexity index is 1250. The molecule has 0 aliphatic carbocycles. The summed E-state index contributed by atoms with van der Waals surface area (Å²) in [7, 11) is 0. The largest absolute Gasteiger partial charge is 0.494 e. The van der Waals surface area contributed by atoms with Crippen molar-refractivity contribution in [1.82, 2.24) is 9.78 Å². The Morgan fingerprint density at radius 1 is 0.970 bits per heavy atom. The number of ether oxygens (including phenoxy) is 2. The molecule has 3 aromatic carbocycles. The Labute approximate surface area is 191 Å². The van der Waals surface area contributed by atoms with Crippen molar-refractivity contribution in [1.29, 1.82) is 0 Å². The van der Waals surface area contributed by atoms with E-state index < -0.39 is 5.97 Å². The molecule has 7 nitrogen and oxygen atoms in total. The van der Waals surface area contributed by atoms with Crippen LogP contribution in [0.1, 0.15) is 30.1 Å². The number of carbonyl (C=O) groups excluding carboxylic acids is 2. The van der Waals surface area contributed by atoms with Crippen molar-refractivity contribution in [3.63, 3.8) is 0 Å². The van der Waals surface area contributed by atoms with E-state index in [0.29, 0.717) is 18.8 Å². The summed E-state index contributed by atoms with van der Waals surface area (Å²) in [4.78, 5) is 25.0. The highest BCUT2D eigenvalue weighted by Crippen LogP contribution is 2.23. The second-order valence-corrected chi connectivity index (χ2v) is 7.38. The third kappa shape index (κ3) is 5.38. The summed E-state index contributed by atoms with van der Waals surface area (Å²) in [5, 5.41) is 9.36. The average Bonchev–Trinajstić information content (AvgIpc) is 3.26. The highest BCUT2D eigenvalue weighted by molar-refractivity contribution is 6.00. The predicted molar refractivity (Wildman–Crippen MR) is 127 cm³/mol. The summed E-state index contributed by atoms with van der Waals surface area (Å²) in [5.41, 5.74) is 0.935. The summed E-state index contributed by atoms with van der Waals surface area (Å²) in [6.45, 7) is 2.36. The van der Waals surface area contributed by atoms with Crippen LogP contribution >= 0.6 is 0 Å². The number of hydrogen-bond acceptors (Lipinski definition) is 5. The Kier molecular flexibility index (Phi) is 6.99. The quantitative estimate of drug-likeness (QED) is 0.291. The molecule has 33 heavy (non-hydrogen) atoms. The molecule has 7 heteroatoms. The number of nitrogens with one attached hydrogen (secondary N) is 1. The van der Waals surface area contributed by atoms with Gasteiger partial charge in [0.05, 0.1) is 25.1 Å². The van der Waals surface area contributed by atoms with Gasteiger partial charge in [-0.25, -0.2) is 9.48 Å². The van der Waals surface area contributed by atoms with E-state index in [4.69, 9.17) is 9.47 Å². The monoisotopic (exact) mass is 443 g/mol. The number of hydrogen-bond donors (Lipinski definition) is 1. The minimum Gasteiger partial charge on any atom is -0.494 e. The van der Waals surface area contributed by atoms with Crippen LogP contribution in [-0.2, 0) is 9.53 Å². The van der Waals surface area contributed by atoms with Crippen molar-refractivity contribution in [2.45, 2.75) is 19.8 Å². The topological polar surface area (TPSA) is 82.5 Å². The summed E-state index contributed by atoms with van der Waals surface area (Å²) < 4.78 is 12.5. The molecule has 1 N–H and O–H groups in total. The zero-order chi connectivity index (χ0) is 23.0. The summed E-state index contributed by atoms with van der Waals surface area (Å²) in [6, 6.07) is 23.3. The van der Waals surface area contributed by atoms with E-state index in [1.807, 2.05) is 72.8 Å². The number of nitrogens with zero attached hydrogens (tertiary/aromatic N) is 2. The van der Waals surface area contributed by atoms with Gasteiger partial charge in [0.2, 0.25) is 5.91 Å². The molecule has 0 radical (unpaired) electrons. The highest BCUT2D eigenvalue weighted by Gasteiger charge is 2.21. The first-order chi connectivity index (χ1) is 16.2. The number of esters is 1. The summed E-state index contributed by atoms with van der Waals surface area (Å²) in [5.74, 6) is 0.288. The molecule has 0 spiro atoms. The molecule has 4 rings (SSSR count). The van der Waals surface area contributed by atoms with Crippen LogP contribution < -0.4 is 10.1 Å². The van der Waals surface area contributed by atoms with Gasteiger partial charge >= 0.3 is 5.97 Å². The molecule has 1 aromatic heterocycles. The maximum Gasteiger partial charge on any atom is 0.343 e. The molecule has 1 amide bonds. The van der Waals surface area contributed by atoms with Gasteiger partial charge in [-0.05, 0) is 48.4 Å². The van der Waals surface area contributed by atoms with Crippen LogP contribution in [0.5, 0.6) is 5.75 Å². The summed E-state index contributed by atoms with van der Waals surface area (Å²) in [6.07, 6.45) is 2.16. The third-order valence-corrected chi connectivity index (χ3v) is 5.06. The molecule has 0 saturated carbocycles. The lowest BCUT2D eigenvalue weighted by molar-refractivity contribution is -0.116. The molecule has 168 valence electrons. The van der Waals surface area contributed by atoms with Gasteiger partial charge in [-0.1, -0.05) is 48.5 Å². The molecule has 0 aliphatic heterocycles. The molecule has 0 unspecified atom stereocenters. The van der Waals surface area contributed by atoms with E-state index in [1.54, 1.807) is 6.92 Å². The van der Waals surface area contributed by atoms with Gasteiger partial charge in [0.15, 0.2) is 5.82 Å². The zero-order valence-electron chi connectivity index (χ0n) is 18.4. The molecule has 4 aromatic rings. The van der Waals surface area contributed by atoms with Crippen molar-refractivity contribution < 1.29 is 19.1 Å². The van der Waals surface area contributed by atoms with E-state index in [0.717, 1.165) is 22.2 Å². The molecular formula is C26H25N3O4. The van der Waals surface area contributed by atoms with Crippen LogP contribution in [0.15, 0.2) is 79.0 Å². The maximum atomic E-state index is 12.7. The van der Waals surface area contributed by atoms with E-state index in [9.17, 15) is 9.59 Å². The van der Waals surface area contributed by atoms with Crippen molar-refractivity contribution in [3.8, 4) is 11.4 Å². The average molecular weight is 444 g/mol. The molecule has 0 atom stereocenters. The van der Waals surface area contributed by atoms with Crippen LogP contribution in [0.2, 0.25) is 0 Å². The maximum absolute atomic E-state index is 12.7. The van der Waals surface area contributed by atoms with Crippen molar-refractivity contribution >= 4 is 28.5 Å². The van der Waals surface area contributed by atoms with Crippen LogP contribution in [-0.4, -0.2) is 34.9 Å². The number of amides is 1. The minimum atomic E-state index is -0.533. The standard InChI is InChI=1S/C26H25N3O4/c1-2-32-26(31)23-18-27-29(21-11-4-3-5-12-21)25(23)28-24(30)13-8-16-33-22-15-14-19-9-6-7-10-20(19)17-22/h3-7,9-12,14-15,17-18H,2,8,13,16H2,1H3,(H,28,30). The fraction of sp³-hybridized carbons (Fsp3) is 0.192. The number of benzene rings is 3. The lowest BCUT2D eigenvalue weighted by atomic mass is 10.1. The van der Waals surface area contributed by atoms with Crippen LogP contribution in [0.25, 0.3) is 16.5 Å². The SMILES string of the molecule is CCOC(=O)c1cnn(-c2ccccc2)c1NC(=O)CCCOc1ccc2ccccc2c1. The van der Waals surface area contributed by atoms with E-state index in [2.05, 4.69) is 10.4 Å². The highest BCUT2D eigenvalue weighted by atomic mass is 16.5. The third-order valence-electron chi connectivity index (χ3n) is 5.06. The van der Waals surface area contributed by atoms with Crippen LogP contribution in [0.3, 0.4) is 0 Å². The summed E-state index contributed by atoms with van der Waals surface area (Å²) >= 11 is 0. The lowest BCUT2D eigenvalue weighted by Crippen LogP contribution is -2.18. The fourth-order valence-corrected chi connectivity index (χ4v) is 3.47. The Morgan fingerprint density at radius 2 is 1.73 bits per heavy atom. The van der Waals surface area contributed by atoms with Crippen LogP contribution in [0.4, 0.5) is 5.82 Å². The Morgan fingerprint density at radius 3 is 2.52 bits per heavy atom. The number of rotatable bonds is 9. The van der Waals surface area contributed by atoms with Gasteiger partial charge in [-0.2, -0.15) is 5.10 Å². The fourth-order valence-electron chi connectivity index (χ4n) is 3.47. The Hall–Kier alpha value is -4.13. The van der Waals surface area contributed by atoms with Crippen LogP contribution in [0, 0.1) is 0 Å². The smallest absolute Gasteiger partial charge is 0.343 e. The normalized spacial score (nSPS) is 10.7. The molecular weight excluding hydrogens is 418 g/mol. The zero-order valence-corrected chi connectivity index (χ0v) is 18.4. The van der Waals surface area contributed by atoms with E-state index in [1.165, 1.54) is 10.9 Å². The van der Waals surface area contributed by atoms with Crippen molar-refractivity contribution in [3.05, 3.63) is 84.6 Å². The first-order valence-electron chi connectivity index (χ1n) is 10.9. The lowest BCUT2D eigenvalue weighted by Gasteiger charge is -2.11. The number of para-hydroxylation sites is 1. The van der Waals surface area contributed by atoms with Gasteiger partial charge in [0.25, 0.3) is 0 Å². The van der Waals surface area contributed by atoms with Gasteiger partial charge in [-0.15, -0.1) is 0 Å². The Balaban J connectivity index is 1.38. The van der Waals surface area contributed by atoms with E-state index >= 15 is 0 Å². The number of carbonyl (C=O) groups is 2. The van der Waals surface area contributed by atoms with E-state index in [-0.39, 0.29) is 24.5 Å². The molecule has 0 fully saturated rings. The molecule has 0 saturated heterocycles. The first-order valence-corrected chi connectivity index (χ1v) is 10.9. The second kappa shape index (κ2) is 10.5. The van der Waals surface area contributed by atoms with Gasteiger partial charge in [-0.3, -0.25) is 4.79 Å². The first kappa shape index (κ1) is 22.1. The molecule has 0 aliphatic rings. The number of anilines is 1.